The van der Waals surface area contributed by atoms with Crippen molar-refractivity contribution in [1.82, 2.24) is 19.7 Å². The van der Waals surface area contributed by atoms with Gasteiger partial charge in [0, 0.05) is 5.56 Å². The molecule has 1 aromatic carbocycles. The molecule has 1 aliphatic heterocycles. The SMILES string of the molecule is CC(C)(C)C1=CC(Nc2ccc(-c3nn(C4CCC4)c4ncnc(N)c34)cc2F)=NC1. The number of nitrogens with one attached hydrogen (secondary N) is 1. The summed E-state index contributed by atoms with van der Waals surface area (Å²) in [4.78, 5) is 13.0. The fourth-order valence-electron chi connectivity index (χ4n) is 3.94. The van der Waals surface area contributed by atoms with E-state index in [1.54, 1.807) is 6.07 Å². The Bertz CT molecular complexity index is 1230. The molecule has 3 heterocycles. The van der Waals surface area contributed by atoms with Gasteiger partial charge in [-0.25, -0.2) is 19.0 Å². The summed E-state index contributed by atoms with van der Waals surface area (Å²) >= 11 is 0. The van der Waals surface area contributed by atoms with E-state index in [4.69, 9.17) is 10.8 Å². The van der Waals surface area contributed by atoms with Crippen molar-refractivity contribution in [2.24, 2.45) is 10.4 Å². The Morgan fingerprint density at radius 3 is 2.65 bits per heavy atom. The highest BCUT2D eigenvalue weighted by Gasteiger charge is 2.26. The van der Waals surface area contributed by atoms with Crippen LogP contribution in [0.15, 0.2) is 41.2 Å². The maximum absolute atomic E-state index is 15.0. The molecule has 0 radical (unpaired) electrons. The third-order valence-electron chi connectivity index (χ3n) is 6.14. The first-order chi connectivity index (χ1) is 14.8. The van der Waals surface area contributed by atoms with E-state index in [-0.39, 0.29) is 11.2 Å². The number of hydrogen-bond acceptors (Lipinski definition) is 6. The van der Waals surface area contributed by atoms with E-state index in [1.165, 1.54) is 24.4 Å². The van der Waals surface area contributed by atoms with Crippen molar-refractivity contribution >= 4 is 28.4 Å². The van der Waals surface area contributed by atoms with E-state index < -0.39 is 0 Å². The molecule has 3 N–H and O–H groups in total. The molecule has 2 aliphatic rings. The standard InChI is InChI=1S/C23H26FN7/c1-23(2,3)14-10-18(26-11-14)29-17-8-7-13(9-16(17)24)20-19-21(25)27-12-28-22(19)31(30-20)15-5-4-6-15/h7-10,12,15H,4-6,11H2,1-3H3,(H,26,29)(H2,25,27,28). The number of halogens is 1. The van der Waals surface area contributed by atoms with Crippen molar-refractivity contribution in [2.45, 2.75) is 46.1 Å². The lowest BCUT2D eigenvalue weighted by Gasteiger charge is -2.25. The monoisotopic (exact) mass is 419 g/mol. The number of amidine groups is 1. The summed E-state index contributed by atoms with van der Waals surface area (Å²) in [6.07, 6.45) is 6.74. The molecule has 0 unspecified atom stereocenters. The highest BCUT2D eigenvalue weighted by molar-refractivity contribution is 6.06. The molecule has 0 atom stereocenters. The van der Waals surface area contributed by atoms with Gasteiger partial charge < -0.3 is 11.1 Å². The van der Waals surface area contributed by atoms with Gasteiger partial charge in [-0.2, -0.15) is 5.10 Å². The van der Waals surface area contributed by atoms with Crippen LogP contribution >= 0.6 is 0 Å². The van der Waals surface area contributed by atoms with Crippen LogP contribution in [-0.4, -0.2) is 32.1 Å². The van der Waals surface area contributed by atoms with E-state index in [1.807, 2.05) is 16.8 Å². The molecule has 31 heavy (non-hydrogen) atoms. The van der Waals surface area contributed by atoms with Crippen LogP contribution in [0.2, 0.25) is 0 Å². The molecule has 0 amide bonds. The molecule has 1 fully saturated rings. The number of hydrogen-bond donors (Lipinski definition) is 2. The molecule has 0 spiro atoms. The highest BCUT2D eigenvalue weighted by Crippen LogP contribution is 2.38. The van der Waals surface area contributed by atoms with Crippen LogP contribution in [0.5, 0.6) is 0 Å². The number of aromatic nitrogens is 4. The first kappa shape index (κ1) is 19.7. The molecular weight excluding hydrogens is 393 g/mol. The number of anilines is 2. The molecule has 7 nitrogen and oxygen atoms in total. The minimum Gasteiger partial charge on any atom is -0.383 e. The lowest BCUT2D eigenvalue weighted by Crippen LogP contribution is -2.18. The van der Waals surface area contributed by atoms with Crippen molar-refractivity contribution in [3.05, 3.63) is 42.0 Å². The molecule has 0 saturated heterocycles. The Labute approximate surface area is 180 Å². The largest absolute Gasteiger partial charge is 0.383 e. The van der Waals surface area contributed by atoms with E-state index >= 15 is 4.39 Å². The molecule has 1 aliphatic carbocycles. The molecule has 5 rings (SSSR count). The van der Waals surface area contributed by atoms with E-state index in [9.17, 15) is 0 Å². The summed E-state index contributed by atoms with van der Waals surface area (Å²) in [5.41, 5.74) is 9.75. The van der Waals surface area contributed by atoms with Crippen LogP contribution in [-0.2, 0) is 0 Å². The van der Waals surface area contributed by atoms with Gasteiger partial charge >= 0.3 is 0 Å². The van der Waals surface area contributed by atoms with Gasteiger partial charge in [0.15, 0.2) is 5.65 Å². The Morgan fingerprint density at radius 2 is 2.00 bits per heavy atom. The predicted molar refractivity (Wildman–Crippen MR) is 121 cm³/mol. The van der Waals surface area contributed by atoms with Gasteiger partial charge in [0.25, 0.3) is 0 Å². The number of nitrogens with two attached hydrogens (primary N) is 1. The average Bonchev–Trinajstić information content (AvgIpc) is 3.28. The van der Waals surface area contributed by atoms with Crippen LogP contribution in [0.4, 0.5) is 15.9 Å². The van der Waals surface area contributed by atoms with Gasteiger partial charge in [0.2, 0.25) is 0 Å². The summed E-state index contributed by atoms with van der Waals surface area (Å²) < 4.78 is 16.9. The average molecular weight is 420 g/mol. The number of rotatable bonds is 3. The van der Waals surface area contributed by atoms with Crippen LogP contribution in [0, 0.1) is 11.2 Å². The second-order valence-electron chi connectivity index (χ2n) is 9.28. The summed E-state index contributed by atoms with van der Waals surface area (Å²) in [5, 5.41) is 8.54. The van der Waals surface area contributed by atoms with E-state index in [0.717, 1.165) is 12.8 Å². The Balaban J connectivity index is 1.49. The molecule has 0 bridgehead atoms. The normalized spacial score (nSPS) is 16.9. The summed E-state index contributed by atoms with van der Waals surface area (Å²) in [6.45, 7) is 7.08. The van der Waals surface area contributed by atoms with Crippen molar-refractivity contribution in [3.63, 3.8) is 0 Å². The second-order valence-corrected chi connectivity index (χ2v) is 9.28. The molecule has 160 valence electrons. The Kier molecular flexibility index (Phi) is 4.53. The molecule has 2 aromatic heterocycles. The van der Waals surface area contributed by atoms with Gasteiger partial charge in [-0.3, -0.25) is 4.99 Å². The quantitative estimate of drug-likeness (QED) is 0.640. The summed E-state index contributed by atoms with van der Waals surface area (Å²) in [7, 11) is 0. The minimum atomic E-state index is -0.375. The fraction of sp³-hybridized carbons (Fsp3) is 0.391. The van der Waals surface area contributed by atoms with Crippen LogP contribution in [0.25, 0.3) is 22.3 Å². The summed E-state index contributed by atoms with van der Waals surface area (Å²) in [5.74, 6) is 0.654. The molecular formula is C23H26FN7. The van der Waals surface area contributed by atoms with Gasteiger partial charge in [0.1, 0.15) is 29.5 Å². The zero-order chi connectivity index (χ0) is 21.8. The second kappa shape index (κ2) is 7.14. The molecule has 1 saturated carbocycles. The maximum atomic E-state index is 15.0. The number of nitrogen functional groups attached to an aromatic ring is 1. The fourth-order valence-corrected chi connectivity index (χ4v) is 3.94. The first-order valence-electron chi connectivity index (χ1n) is 10.6. The predicted octanol–water partition coefficient (Wildman–Crippen LogP) is 4.74. The molecule has 8 heteroatoms. The van der Waals surface area contributed by atoms with Crippen LogP contribution < -0.4 is 11.1 Å². The maximum Gasteiger partial charge on any atom is 0.164 e. The first-order valence-corrected chi connectivity index (χ1v) is 10.6. The van der Waals surface area contributed by atoms with Crippen molar-refractivity contribution in [3.8, 4) is 11.3 Å². The lowest BCUT2D eigenvalue weighted by molar-refractivity contribution is 0.296. The Hall–Kier alpha value is -3.29. The van der Waals surface area contributed by atoms with Crippen molar-refractivity contribution in [2.75, 3.05) is 17.6 Å². The topological polar surface area (TPSA) is 94.0 Å². The highest BCUT2D eigenvalue weighted by atomic mass is 19.1. The zero-order valence-corrected chi connectivity index (χ0v) is 18.0. The molecule has 3 aromatic rings. The lowest BCUT2D eigenvalue weighted by atomic mass is 9.87. The van der Waals surface area contributed by atoms with Crippen molar-refractivity contribution < 1.29 is 4.39 Å². The number of nitrogens with zero attached hydrogens (tertiary/aromatic N) is 5. The smallest absolute Gasteiger partial charge is 0.164 e. The number of benzene rings is 1. The van der Waals surface area contributed by atoms with E-state index in [0.29, 0.717) is 52.2 Å². The van der Waals surface area contributed by atoms with Crippen LogP contribution in [0.3, 0.4) is 0 Å². The number of fused-ring (bicyclic) bond motifs is 1. The Morgan fingerprint density at radius 1 is 1.19 bits per heavy atom. The van der Waals surface area contributed by atoms with Crippen molar-refractivity contribution in [1.29, 1.82) is 0 Å². The zero-order valence-electron chi connectivity index (χ0n) is 18.0. The van der Waals surface area contributed by atoms with E-state index in [2.05, 4.69) is 41.0 Å². The third kappa shape index (κ3) is 3.45. The van der Waals surface area contributed by atoms with Gasteiger partial charge in [-0.1, -0.05) is 26.8 Å². The third-order valence-corrected chi connectivity index (χ3v) is 6.14. The van der Waals surface area contributed by atoms with Crippen LogP contribution in [0.1, 0.15) is 46.1 Å². The van der Waals surface area contributed by atoms with Gasteiger partial charge in [-0.05, 0) is 48.5 Å². The van der Waals surface area contributed by atoms with Gasteiger partial charge in [0.05, 0.1) is 23.7 Å². The number of aliphatic imine (C=N–C) groups is 1. The summed E-state index contributed by atoms with van der Waals surface area (Å²) in [6, 6.07) is 5.34. The minimum absolute atomic E-state index is 0.0393. The van der Waals surface area contributed by atoms with Gasteiger partial charge in [-0.15, -0.1) is 0 Å².